The Morgan fingerprint density at radius 1 is 1.12 bits per heavy atom. The minimum Gasteiger partial charge on any atom is -0.325 e. The molecule has 2 aliphatic rings. The minimum absolute atomic E-state index is 0.0763. The van der Waals surface area contributed by atoms with Crippen LogP contribution >= 0.6 is 0 Å². The van der Waals surface area contributed by atoms with E-state index in [1.165, 1.54) is 0 Å². The van der Waals surface area contributed by atoms with Gasteiger partial charge in [-0.1, -0.05) is 17.9 Å². The van der Waals surface area contributed by atoms with Gasteiger partial charge in [0.05, 0.1) is 11.7 Å². The number of aromatic nitrogens is 5. The molecule has 0 atom stereocenters. The summed E-state index contributed by atoms with van der Waals surface area (Å²) in [6.45, 7) is 0.727. The first-order valence-electron chi connectivity index (χ1n) is 10.4. The number of benzene rings is 1. The summed E-state index contributed by atoms with van der Waals surface area (Å²) in [5, 5.41) is 8.96. The lowest BCUT2D eigenvalue weighted by Gasteiger charge is -2.31. The van der Waals surface area contributed by atoms with Gasteiger partial charge in [0, 0.05) is 29.4 Å². The van der Waals surface area contributed by atoms with Crippen LogP contribution in [0, 0.1) is 17.3 Å². The molecule has 1 aromatic carbocycles. The molecule has 160 valence electrons. The second-order valence-corrected chi connectivity index (χ2v) is 8.22. The van der Waals surface area contributed by atoms with Gasteiger partial charge in [-0.25, -0.2) is 0 Å². The van der Waals surface area contributed by atoms with Gasteiger partial charge in [0.1, 0.15) is 17.6 Å². The first-order chi connectivity index (χ1) is 15.5. The number of rotatable bonds is 1. The van der Waals surface area contributed by atoms with Crippen LogP contribution in [0.1, 0.15) is 30.4 Å². The lowest BCUT2D eigenvalue weighted by atomic mass is 9.95. The minimum atomic E-state index is -4.29. The molecule has 6 nitrogen and oxygen atoms in total. The van der Waals surface area contributed by atoms with Crippen molar-refractivity contribution in [2.45, 2.75) is 31.9 Å². The molecule has 0 N–H and O–H groups in total. The van der Waals surface area contributed by atoms with E-state index in [1.807, 2.05) is 18.2 Å². The van der Waals surface area contributed by atoms with Crippen molar-refractivity contribution in [2.24, 2.45) is 5.41 Å². The normalized spacial score (nSPS) is 17.2. The molecule has 1 fully saturated rings. The highest BCUT2D eigenvalue weighted by Crippen LogP contribution is 2.57. The number of fused-ring (bicyclic) bond motifs is 4. The maximum absolute atomic E-state index is 13.3. The highest BCUT2D eigenvalue weighted by Gasteiger charge is 2.62. The van der Waals surface area contributed by atoms with Crippen LogP contribution in [0.15, 0.2) is 43.0 Å². The molecule has 3 aromatic heterocycles. The predicted octanol–water partition coefficient (Wildman–Crippen LogP) is 4.45. The Morgan fingerprint density at radius 2 is 2.00 bits per heavy atom. The molecule has 0 amide bonds. The first-order valence-corrected chi connectivity index (χ1v) is 10.4. The molecule has 0 spiro atoms. The topological polar surface area (TPSA) is 59.2 Å². The van der Waals surface area contributed by atoms with Crippen molar-refractivity contribution in [2.75, 3.05) is 11.4 Å². The molecule has 0 saturated heterocycles. The number of hydrogen-bond acceptors (Lipinski definition) is 5. The summed E-state index contributed by atoms with van der Waals surface area (Å²) in [5.74, 6) is 6.59. The van der Waals surface area contributed by atoms with Crippen molar-refractivity contribution in [1.82, 2.24) is 24.6 Å². The predicted molar refractivity (Wildman–Crippen MR) is 112 cm³/mol. The average Bonchev–Trinajstić information content (AvgIpc) is 3.46. The summed E-state index contributed by atoms with van der Waals surface area (Å²) in [4.78, 5) is 11.1. The van der Waals surface area contributed by atoms with Gasteiger partial charge in [0.15, 0.2) is 0 Å². The van der Waals surface area contributed by atoms with Crippen LogP contribution in [0.2, 0.25) is 0 Å². The zero-order chi connectivity index (χ0) is 21.9. The van der Waals surface area contributed by atoms with Crippen molar-refractivity contribution in [3.63, 3.8) is 0 Å². The maximum Gasteiger partial charge on any atom is 0.405 e. The first kappa shape index (κ1) is 19.0. The highest BCUT2D eigenvalue weighted by molar-refractivity contribution is 5.93. The summed E-state index contributed by atoms with van der Waals surface area (Å²) in [5.41, 5.74) is 1.51. The zero-order valence-electron chi connectivity index (χ0n) is 16.9. The fourth-order valence-electron chi connectivity index (χ4n) is 4.36. The Labute approximate surface area is 181 Å². The molecule has 4 heterocycles. The summed E-state index contributed by atoms with van der Waals surface area (Å²) >= 11 is 0. The smallest absolute Gasteiger partial charge is 0.325 e. The van der Waals surface area contributed by atoms with Crippen LogP contribution in [-0.4, -0.2) is 37.3 Å². The molecule has 1 aliphatic heterocycles. The molecule has 32 heavy (non-hydrogen) atoms. The van der Waals surface area contributed by atoms with Gasteiger partial charge in [-0.3, -0.25) is 9.38 Å². The second-order valence-electron chi connectivity index (χ2n) is 8.22. The summed E-state index contributed by atoms with van der Waals surface area (Å²) in [7, 11) is 0. The van der Waals surface area contributed by atoms with Gasteiger partial charge < -0.3 is 4.90 Å². The van der Waals surface area contributed by atoms with E-state index in [4.69, 9.17) is 4.98 Å². The number of hydrogen-bond donors (Lipinski definition) is 0. The molecule has 0 bridgehead atoms. The van der Waals surface area contributed by atoms with E-state index >= 15 is 0 Å². The van der Waals surface area contributed by atoms with E-state index in [0.29, 0.717) is 11.3 Å². The Bertz CT molecular complexity index is 1420. The van der Waals surface area contributed by atoms with Gasteiger partial charge in [0.25, 0.3) is 5.78 Å². The summed E-state index contributed by atoms with van der Waals surface area (Å²) in [6, 6.07) is 7.51. The molecule has 1 aliphatic carbocycles. The SMILES string of the molecule is FC(F)(F)C1(C#Cc2cccc3c2CCCN3c2nc3nncn3c3cnccc23)CC1. The molecule has 0 unspecified atom stereocenters. The molecule has 0 radical (unpaired) electrons. The van der Waals surface area contributed by atoms with Crippen LogP contribution in [0.4, 0.5) is 24.7 Å². The van der Waals surface area contributed by atoms with Gasteiger partial charge in [-0.15, -0.1) is 10.2 Å². The fraction of sp³-hybridized carbons (Fsp3) is 0.304. The van der Waals surface area contributed by atoms with Crippen LogP contribution in [0.5, 0.6) is 0 Å². The van der Waals surface area contributed by atoms with Gasteiger partial charge >= 0.3 is 6.18 Å². The van der Waals surface area contributed by atoms with Crippen LogP contribution in [0.25, 0.3) is 16.7 Å². The van der Waals surface area contributed by atoms with E-state index < -0.39 is 11.6 Å². The second kappa shape index (κ2) is 6.66. The van der Waals surface area contributed by atoms with E-state index in [-0.39, 0.29) is 12.8 Å². The van der Waals surface area contributed by atoms with Crippen LogP contribution in [-0.2, 0) is 6.42 Å². The van der Waals surface area contributed by atoms with Crippen molar-refractivity contribution in [3.05, 3.63) is 54.1 Å². The van der Waals surface area contributed by atoms with E-state index in [1.54, 1.807) is 29.2 Å². The third kappa shape index (κ3) is 2.83. The van der Waals surface area contributed by atoms with Crippen LogP contribution < -0.4 is 4.90 Å². The molecule has 9 heteroatoms. The largest absolute Gasteiger partial charge is 0.405 e. The van der Waals surface area contributed by atoms with Crippen molar-refractivity contribution in [1.29, 1.82) is 0 Å². The van der Waals surface area contributed by atoms with Gasteiger partial charge in [-0.2, -0.15) is 18.2 Å². The number of anilines is 2. The third-order valence-corrected chi connectivity index (χ3v) is 6.27. The maximum atomic E-state index is 13.3. The summed E-state index contributed by atoms with van der Waals surface area (Å²) in [6.07, 6.45) is 2.51. The summed E-state index contributed by atoms with van der Waals surface area (Å²) < 4.78 is 41.8. The van der Waals surface area contributed by atoms with E-state index in [0.717, 1.165) is 47.4 Å². The number of alkyl halides is 3. The van der Waals surface area contributed by atoms with Crippen molar-refractivity contribution in [3.8, 4) is 11.8 Å². The Balaban J connectivity index is 1.49. The highest BCUT2D eigenvalue weighted by atomic mass is 19.4. The number of pyridine rings is 1. The van der Waals surface area contributed by atoms with Crippen LogP contribution in [0.3, 0.4) is 0 Å². The van der Waals surface area contributed by atoms with Gasteiger partial charge in [-0.05, 0) is 49.4 Å². The Hall–Kier alpha value is -3.67. The van der Waals surface area contributed by atoms with Crippen molar-refractivity contribution >= 4 is 28.2 Å². The lowest BCUT2D eigenvalue weighted by molar-refractivity contribution is -0.168. The van der Waals surface area contributed by atoms with Gasteiger partial charge in [0.2, 0.25) is 0 Å². The quantitative estimate of drug-likeness (QED) is 0.414. The van der Waals surface area contributed by atoms with Crippen molar-refractivity contribution < 1.29 is 13.2 Å². The number of nitrogens with zero attached hydrogens (tertiary/aromatic N) is 6. The Kier molecular flexibility index (Phi) is 3.97. The number of halogens is 3. The Morgan fingerprint density at radius 3 is 2.81 bits per heavy atom. The third-order valence-electron chi connectivity index (χ3n) is 6.27. The molecule has 6 rings (SSSR count). The fourth-order valence-corrected chi connectivity index (χ4v) is 4.36. The monoisotopic (exact) mass is 434 g/mol. The molecule has 1 saturated carbocycles. The molecule has 4 aromatic rings. The standard InChI is InChI=1S/C23H17F3N6/c24-23(25,26)22(9-10-22)8-6-15-3-1-5-18-16(15)4-2-12-31(18)20-17-7-11-27-13-19(17)32-14-28-30-21(32)29-20/h1,3,5,7,11,13-14H,2,4,9-10,12H2. The molecular weight excluding hydrogens is 417 g/mol. The zero-order valence-corrected chi connectivity index (χ0v) is 16.9. The average molecular weight is 434 g/mol. The lowest BCUT2D eigenvalue weighted by Crippen LogP contribution is -2.26. The van der Waals surface area contributed by atoms with E-state index in [9.17, 15) is 13.2 Å². The molecular formula is C23H17F3N6. The van der Waals surface area contributed by atoms with E-state index in [2.05, 4.69) is 31.9 Å².